The molecule has 0 aliphatic carbocycles. The standard InChI is InChI=1S/C16H28N2/c1-7-16(4,18(5)6)15(17)11-14-12(2)9-8-10-13(14)3/h8-10,15H,7,11,17H2,1-6H3. The Kier molecular flexibility index (Phi) is 4.94. The molecule has 18 heavy (non-hydrogen) atoms. The van der Waals surface area contributed by atoms with Crippen LogP contribution in [0.3, 0.4) is 0 Å². The highest BCUT2D eigenvalue weighted by molar-refractivity contribution is 5.34. The molecule has 2 atom stereocenters. The summed E-state index contributed by atoms with van der Waals surface area (Å²) in [4.78, 5) is 2.26. The van der Waals surface area contributed by atoms with Crippen LogP contribution in [0.15, 0.2) is 18.2 Å². The molecule has 1 aromatic rings. The summed E-state index contributed by atoms with van der Waals surface area (Å²) in [5, 5.41) is 0. The summed E-state index contributed by atoms with van der Waals surface area (Å²) < 4.78 is 0. The highest BCUT2D eigenvalue weighted by atomic mass is 15.2. The van der Waals surface area contributed by atoms with E-state index >= 15 is 0 Å². The number of rotatable bonds is 5. The van der Waals surface area contributed by atoms with E-state index in [1.807, 2.05) is 0 Å². The second-order valence-corrected chi connectivity index (χ2v) is 5.79. The lowest BCUT2D eigenvalue weighted by atomic mass is 9.83. The fourth-order valence-corrected chi connectivity index (χ4v) is 2.52. The summed E-state index contributed by atoms with van der Waals surface area (Å²) in [6.07, 6.45) is 2.01. The van der Waals surface area contributed by atoms with Gasteiger partial charge in [-0.3, -0.25) is 0 Å². The fourth-order valence-electron chi connectivity index (χ4n) is 2.52. The van der Waals surface area contributed by atoms with Crippen LogP contribution in [0.2, 0.25) is 0 Å². The number of nitrogens with zero attached hydrogens (tertiary/aromatic N) is 1. The number of hydrogen-bond donors (Lipinski definition) is 1. The van der Waals surface area contributed by atoms with E-state index < -0.39 is 0 Å². The number of benzene rings is 1. The van der Waals surface area contributed by atoms with Crippen molar-refractivity contribution in [2.75, 3.05) is 14.1 Å². The third kappa shape index (κ3) is 2.93. The smallest absolute Gasteiger partial charge is 0.0326 e. The van der Waals surface area contributed by atoms with Gasteiger partial charge in [0.05, 0.1) is 0 Å². The van der Waals surface area contributed by atoms with E-state index in [-0.39, 0.29) is 11.6 Å². The summed E-state index contributed by atoms with van der Waals surface area (Å²) >= 11 is 0. The van der Waals surface area contributed by atoms with Gasteiger partial charge in [0.15, 0.2) is 0 Å². The molecule has 2 nitrogen and oxygen atoms in total. The van der Waals surface area contributed by atoms with E-state index in [4.69, 9.17) is 5.73 Å². The molecular weight excluding hydrogens is 220 g/mol. The van der Waals surface area contributed by atoms with Gasteiger partial charge in [-0.1, -0.05) is 25.1 Å². The average Bonchev–Trinajstić information content (AvgIpc) is 2.32. The van der Waals surface area contributed by atoms with E-state index in [1.54, 1.807) is 0 Å². The zero-order valence-corrected chi connectivity index (χ0v) is 12.7. The monoisotopic (exact) mass is 248 g/mol. The van der Waals surface area contributed by atoms with Gasteiger partial charge >= 0.3 is 0 Å². The van der Waals surface area contributed by atoms with E-state index in [1.165, 1.54) is 16.7 Å². The van der Waals surface area contributed by atoms with Crippen molar-refractivity contribution in [1.29, 1.82) is 0 Å². The van der Waals surface area contributed by atoms with Crippen LogP contribution in [0.25, 0.3) is 0 Å². The minimum absolute atomic E-state index is 0.0503. The van der Waals surface area contributed by atoms with Crippen molar-refractivity contribution in [2.24, 2.45) is 5.73 Å². The Labute approximate surface area is 112 Å². The van der Waals surface area contributed by atoms with E-state index in [2.05, 4.69) is 64.9 Å². The summed E-state index contributed by atoms with van der Waals surface area (Å²) in [7, 11) is 4.24. The van der Waals surface area contributed by atoms with Crippen LogP contribution in [0.4, 0.5) is 0 Å². The summed E-state index contributed by atoms with van der Waals surface area (Å²) in [6.45, 7) is 8.82. The molecule has 2 unspecified atom stereocenters. The van der Waals surface area contributed by atoms with Crippen LogP contribution in [0.1, 0.15) is 37.0 Å². The number of aryl methyl sites for hydroxylation is 2. The van der Waals surface area contributed by atoms with Crippen molar-refractivity contribution in [3.8, 4) is 0 Å². The molecule has 0 saturated heterocycles. The molecule has 0 saturated carbocycles. The molecule has 0 fully saturated rings. The molecule has 1 rings (SSSR count). The number of likely N-dealkylation sites (N-methyl/N-ethyl adjacent to an activating group) is 1. The normalized spacial score (nSPS) is 16.7. The lowest BCUT2D eigenvalue weighted by Gasteiger charge is -2.41. The molecule has 0 radical (unpaired) electrons. The maximum atomic E-state index is 6.49. The third-order valence-corrected chi connectivity index (χ3v) is 4.60. The summed E-state index contributed by atoms with van der Waals surface area (Å²) in [5.41, 5.74) is 10.7. The predicted octanol–water partition coefficient (Wildman–Crippen LogP) is 2.90. The van der Waals surface area contributed by atoms with E-state index in [0.29, 0.717) is 0 Å². The lowest BCUT2D eigenvalue weighted by molar-refractivity contribution is 0.131. The third-order valence-electron chi connectivity index (χ3n) is 4.60. The summed E-state index contributed by atoms with van der Waals surface area (Å²) in [6, 6.07) is 6.62. The molecule has 102 valence electrons. The van der Waals surface area contributed by atoms with Crippen LogP contribution >= 0.6 is 0 Å². The van der Waals surface area contributed by atoms with Crippen molar-refractivity contribution in [3.63, 3.8) is 0 Å². The molecule has 2 N–H and O–H groups in total. The molecule has 2 heteroatoms. The SMILES string of the molecule is CCC(C)(C(N)Cc1c(C)cccc1C)N(C)C. The van der Waals surface area contributed by atoms with Crippen molar-refractivity contribution in [2.45, 2.75) is 52.1 Å². The fraction of sp³-hybridized carbons (Fsp3) is 0.625. The number of nitrogens with two attached hydrogens (primary N) is 1. The van der Waals surface area contributed by atoms with Crippen LogP contribution in [0, 0.1) is 13.8 Å². The molecule has 0 heterocycles. The van der Waals surface area contributed by atoms with Crippen LogP contribution in [-0.4, -0.2) is 30.6 Å². The van der Waals surface area contributed by atoms with E-state index in [9.17, 15) is 0 Å². The van der Waals surface area contributed by atoms with Crippen molar-refractivity contribution < 1.29 is 0 Å². The second-order valence-electron chi connectivity index (χ2n) is 5.79. The number of hydrogen-bond acceptors (Lipinski definition) is 2. The first-order valence-electron chi connectivity index (χ1n) is 6.81. The first-order chi connectivity index (χ1) is 8.32. The highest BCUT2D eigenvalue weighted by Gasteiger charge is 2.32. The summed E-state index contributed by atoms with van der Waals surface area (Å²) in [5.74, 6) is 0. The molecule has 0 aromatic heterocycles. The molecule has 0 spiro atoms. The Bertz CT molecular complexity index is 378. The Morgan fingerprint density at radius 3 is 2.11 bits per heavy atom. The first kappa shape index (κ1) is 15.2. The minimum atomic E-state index is 0.0503. The van der Waals surface area contributed by atoms with Gasteiger partial charge in [-0.2, -0.15) is 0 Å². The molecular formula is C16H28N2. The van der Waals surface area contributed by atoms with Gasteiger partial charge in [-0.05, 0) is 64.4 Å². The maximum absolute atomic E-state index is 6.49. The minimum Gasteiger partial charge on any atom is -0.326 e. The molecule has 0 amide bonds. The maximum Gasteiger partial charge on any atom is 0.0326 e. The van der Waals surface area contributed by atoms with Crippen molar-refractivity contribution >= 4 is 0 Å². The van der Waals surface area contributed by atoms with Gasteiger partial charge < -0.3 is 10.6 Å². The van der Waals surface area contributed by atoms with Gasteiger partial charge in [0, 0.05) is 11.6 Å². The second kappa shape index (κ2) is 5.85. The average molecular weight is 248 g/mol. The topological polar surface area (TPSA) is 29.3 Å². The predicted molar refractivity (Wildman–Crippen MR) is 80.0 cm³/mol. The Morgan fingerprint density at radius 1 is 1.22 bits per heavy atom. The highest BCUT2D eigenvalue weighted by Crippen LogP contribution is 2.24. The molecule has 0 aliphatic heterocycles. The Morgan fingerprint density at radius 2 is 1.72 bits per heavy atom. The lowest BCUT2D eigenvalue weighted by Crippen LogP contribution is -2.55. The molecule has 0 aliphatic rings. The zero-order chi connectivity index (χ0) is 13.9. The molecule has 0 bridgehead atoms. The van der Waals surface area contributed by atoms with Crippen LogP contribution < -0.4 is 5.73 Å². The Hall–Kier alpha value is -0.860. The van der Waals surface area contributed by atoms with Crippen molar-refractivity contribution in [3.05, 3.63) is 34.9 Å². The van der Waals surface area contributed by atoms with Crippen LogP contribution in [-0.2, 0) is 6.42 Å². The van der Waals surface area contributed by atoms with Crippen molar-refractivity contribution in [1.82, 2.24) is 4.90 Å². The molecule has 1 aromatic carbocycles. The van der Waals surface area contributed by atoms with Gasteiger partial charge in [0.25, 0.3) is 0 Å². The van der Waals surface area contributed by atoms with Gasteiger partial charge in [0.1, 0.15) is 0 Å². The van der Waals surface area contributed by atoms with E-state index in [0.717, 1.165) is 12.8 Å². The first-order valence-corrected chi connectivity index (χ1v) is 6.81. The van der Waals surface area contributed by atoms with Gasteiger partial charge in [0.2, 0.25) is 0 Å². The van der Waals surface area contributed by atoms with Gasteiger partial charge in [-0.15, -0.1) is 0 Å². The quantitative estimate of drug-likeness (QED) is 0.868. The van der Waals surface area contributed by atoms with Gasteiger partial charge in [-0.25, -0.2) is 0 Å². The largest absolute Gasteiger partial charge is 0.326 e. The van der Waals surface area contributed by atoms with Crippen LogP contribution in [0.5, 0.6) is 0 Å². The zero-order valence-electron chi connectivity index (χ0n) is 12.7. The Balaban J connectivity index is 2.97.